The van der Waals surface area contributed by atoms with Crippen LogP contribution in [0.15, 0.2) is 23.2 Å². The molecule has 31 heavy (non-hydrogen) atoms. The molecule has 2 saturated heterocycles. The number of aliphatic imine (C=N–C) groups is 1. The van der Waals surface area contributed by atoms with Crippen LogP contribution in [0.25, 0.3) is 0 Å². The molecule has 0 saturated carbocycles. The average Bonchev–Trinajstić information content (AvgIpc) is 2.78. The van der Waals surface area contributed by atoms with Crippen LogP contribution in [0.4, 0.5) is 4.39 Å². The number of likely N-dealkylation sites (tertiary alicyclic amines) is 1. The van der Waals surface area contributed by atoms with Gasteiger partial charge >= 0.3 is 0 Å². The Hall–Kier alpha value is -1.17. The van der Waals surface area contributed by atoms with Crippen molar-refractivity contribution in [3.8, 4) is 5.75 Å². The summed E-state index contributed by atoms with van der Waals surface area (Å²) >= 11 is 0. The van der Waals surface area contributed by atoms with E-state index in [2.05, 4.69) is 20.5 Å². The highest BCUT2D eigenvalue weighted by Gasteiger charge is 2.32. The number of benzene rings is 1. The second-order valence-electron chi connectivity index (χ2n) is 8.09. The first-order valence-electron chi connectivity index (χ1n) is 10.7. The van der Waals surface area contributed by atoms with Gasteiger partial charge in [-0.25, -0.2) is 4.39 Å². The molecule has 0 aromatic heterocycles. The summed E-state index contributed by atoms with van der Waals surface area (Å²) < 4.78 is 30.2. The summed E-state index contributed by atoms with van der Waals surface area (Å²) in [4.78, 5) is 6.74. The zero-order valence-corrected chi connectivity index (χ0v) is 21.1. The van der Waals surface area contributed by atoms with E-state index in [4.69, 9.17) is 14.2 Å². The van der Waals surface area contributed by atoms with Crippen LogP contribution in [0, 0.1) is 5.82 Å². The molecule has 2 heterocycles. The van der Waals surface area contributed by atoms with Crippen molar-refractivity contribution in [2.24, 2.45) is 4.99 Å². The molecule has 2 aliphatic rings. The number of ether oxygens (including phenoxy) is 3. The third-order valence-corrected chi connectivity index (χ3v) is 6.19. The second kappa shape index (κ2) is 12.8. The highest BCUT2D eigenvalue weighted by molar-refractivity contribution is 14.0. The van der Waals surface area contributed by atoms with Crippen molar-refractivity contribution >= 4 is 29.9 Å². The molecule has 0 amide bonds. The molecule has 0 bridgehead atoms. The molecule has 9 heteroatoms. The Morgan fingerprint density at radius 2 is 1.97 bits per heavy atom. The molecule has 2 N–H and O–H groups in total. The number of halogens is 2. The number of nitrogens with zero attached hydrogens (tertiary/aromatic N) is 2. The van der Waals surface area contributed by atoms with Crippen LogP contribution < -0.4 is 15.4 Å². The summed E-state index contributed by atoms with van der Waals surface area (Å²) in [6.07, 6.45) is 3.81. The van der Waals surface area contributed by atoms with Crippen LogP contribution in [0.5, 0.6) is 5.75 Å². The van der Waals surface area contributed by atoms with Gasteiger partial charge in [-0.15, -0.1) is 24.0 Å². The van der Waals surface area contributed by atoms with E-state index in [-0.39, 0.29) is 41.1 Å². The molecular formula is C22H36FIN4O3. The van der Waals surface area contributed by atoms with Crippen molar-refractivity contribution in [1.29, 1.82) is 0 Å². The zero-order valence-electron chi connectivity index (χ0n) is 18.8. The number of methoxy groups -OCH3 is 2. The Kier molecular flexibility index (Phi) is 10.7. The molecule has 176 valence electrons. The van der Waals surface area contributed by atoms with E-state index in [1.165, 1.54) is 7.11 Å². The van der Waals surface area contributed by atoms with Gasteiger partial charge in [0.05, 0.1) is 12.7 Å². The molecule has 7 nitrogen and oxygen atoms in total. The maximum atomic E-state index is 13.9. The number of guanidine groups is 1. The normalized spacial score (nSPS) is 20.1. The van der Waals surface area contributed by atoms with Gasteiger partial charge in [0.25, 0.3) is 0 Å². The van der Waals surface area contributed by atoms with Crippen LogP contribution in [-0.4, -0.2) is 76.6 Å². The first-order valence-corrected chi connectivity index (χ1v) is 10.7. The first-order chi connectivity index (χ1) is 14.6. The molecule has 1 aromatic carbocycles. The summed E-state index contributed by atoms with van der Waals surface area (Å²) in [6.45, 7) is 4.85. The highest BCUT2D eigenvalue weighted by Crippen LogP contribution is 2.23. The number of hydrogen-bond donors (Lipinski definition) is 2. The van der Waals surface area contributed by atoms with E-state index in [1.807, 2.05) is 6.07 Å². The number of piperidine rings is 1. The van der Waals surface area contributed by atoms with E-state index in [0.717, 1.165) is 70.1 Å². The van der Waals surface area contributed by atoms with Gasteiger partial charge in [0.15, 0.2) is 17.5 Å². The maximum Gasteiger partial charge on any atom is 0.191 e. The van der Waals surface area contributed by atoms with Gasteiger partial charge in [-0.2, -0.15) is 0 Å². The number of rotatable bonds is 7. The summed E-state index contributed by atoms with van der Waals surface area (Å²) in [5, 5.41) is 6.98. The average molecular weight is 550 g/mol. The van der Waals surface area contributed by atoms with Crippen molar-refractivity contribution in [2.45, 2.75) is 43.9 Å². The Labute approximate surface area is 202 Å². The fraction of sp³-hybridized carbons (Fsp3) is 0.682. The molecule has 0 unspecified atom stereocenters. The molecular weight excluding hydrogens is 514 g/mol. The molecule has 0 aliphatic carbocycles. The highest BCUT2D eigenvalue weighted by atomic mass is 127. The van der Waals surface area contributed by atoms with E-state index in [0.29, 0.717) is 12.6 Å². The molecule has 1 aromatic rings. The fourth-order valence-electron chi connectivity index (χ4n) is 4.13. The third kappa shape index (κ3) is 7.44. The minimum absolute atomic E-state index is 0. The lowest BCUT2D eigenvalue weighted by Gasteiger charge is -2.37. The molecule has 0 spiro atoms. The van der Waals surface area contributed by atoms with E-state index >= 15 is 0 Å². The van der Waals surface area contributed by atoms with Crippen LogP contribution in [0.1, 0.15) is 31.2 Å². The van der Waals surface area contributed by atoms with Gasteiger partial charge in [-0.3, -0.25) is 9.89 Å². The standard InChI is InChI=1S/C22H35FN4O3.HI/c1-24-21(25-16-22(29-3)8-12-30-13-9-22)26-18-6-10-27(11-7-18)15-17-4-5-20(28-2)19(23)14-17;/h4-5,14,18H,6-13,15-16H2,1-3H3,(H2,24,25,26);1H. The maximum absolute atomic E-state index is 13.9. The van der Waals surface area contributed by atoms with Crippen LogP contribution in [-0.2, 0) is 16.0 Å². The van der Waals surface area contributed by atoms with E-state index in [9.17, 15) is 4.39 Å². The third-order valence-electron chi connectivity index (χ3n) is 6.19. The molecule has 0 atom stereocenters. The van der Waals surface area contributed by atoms with Gasteiger partial charge in [0.2, 0.25) is 0 Å². The Morgan fingerprint density at radius 1 is 1.26 bits per heavy atom. The van der Waals surface area contributed by atoms with Crippen molar-refractivity contribution in [3.05, 3.63) is 29.6 Å². The lowest BCUT2D eigenvalue weighted by Crippen LogP contribution is -2.53. The molecule has 0 radical (unpaired) electrons. The van der Waals surface area contributed by atoms with Crippen molar-refractivity contribution in [2.75, 3.05) is 54.1 Å². The Bertz CT molecular complexity index is 708. The first kappa shape index (κ1) is 26.1. The van der Waals surface area contributed by atoms with Gasteiger partial charge in [0.1, 0.15) is 0 Å². The predicted molar refractivity (Wildman–Crippen MR) is 131 cm³/mol. The predicted octanol–water partition coefficient (Wildman–Crippen LogP) is 2.78. The SMILES string of the molecule is CN=C(NCC1(OC)CCOCC1)NC1CCN(Cc2ccc(OC)c(F)c2)CC1.I. The quantitative estimate of drug-likeness (QED) is 0.310. The van der Waals surface area contributed by atoms with E-state index in [1.54, 1.807) is 26.3 Å². The summed E-state index contributed by atoms with van der Waals surface area (Å²) in [6, 6.07) is 5.56. The zero-order chi connectivity index (χ0) is 21.4. The number of hydrogen-bond acceptors (Lipinski definition) is 5. The van der Waals surface area contributed by atoms with Crippen molar-refractivity contribution in [1.82, 2.24) is 15.5 Å². The smallest absolute Gasteiger partial charge is 0.191 e. The number of nitrogens with one attached hydrogen (secondary N) is 2. The minimum atomic E-state index is -0.306. The van der Waals surface area contributed by atoms with Crippen molar-refractivity contribution in [3.63, 3.8) is 0 Å². The topological polar surface area (TPSA) is 67.4 Å². The largest absolute Gasteiger partial charge is 0.494 e. The molecule has 2 fully saturated rings. The Balaban J connectivity index is 0.00000341. The second-order valence-corrected chi connectivity index (χ2v) is 8.09. The van der Waals surface area contributed by atoms with Crippen LogP contribution >= 0.6 is 24.0 Å². The summed E-state index contributed by atoms with van der Waals surface area (Å²) in [5.74, 6) is 0.796. The summed E-state index contributed by atoms with van der Waals surface area (Å²) in [5.41, 5.74) is 0.783. The Morgan fingerprint density at radius 3 is 2.55 bits per heavy atom. The van der Waals surface area contributed by atoms with Crippen LogP contribution in [0.2, 0.25) is 0 Å². The lowest BCUT2D eigenvalue weighted by molar-refractivity contribution is -0.0855. The fourth-order valence-corrected chi connectivity index (χ4v) is 4.13. The molecule has 2 aliphatic heterocycles. The minimum Gasteiger partial charge on any atom is -0.494 e. The monoisotopic (exact) mass is 550 g/mol. The van der Waals surface area contributed by atoms with E-state index < -0.39 is 0 Å². The van der Waals surface area contributed by atoms with Gasteiger partial charge < -0.3 is 24.8 Å². The van der Waals surface area contributed by atoms with Crippen molar-refractivity contribution < 1.29 is 18.6 Å². The molecule has 3 rings (SSSR count). The van der Waals surface area contributed by atoms with Crippen LogP contribution in [0.3, 0.4) is 0 Å². The van der Waals surface area contributed by atoms with Gasteiger partial charge in [-0.1, -0.05) is 6.07 Å². The summed E-state index contributed by atoms with van der Waals surface area (Å²) in [7, 11) is 5.05. The lowest BCUT2D eigenvalue weighted by atomic mass is 9.94. The van der Waals surface area contributed by atoms with Gasteiger partial charge in [-0.05, 0) is 30.5 Å². The van der Waals surface area contributed by atoms with Gasteiger partial charge in [0, 0.05) is 72.4 Å².